The number of amides is 1. The van der Waals surface area contributed by atoms with Crippen LogP contribution in [0.25, 0.3) is 0 Å². The first kappa shape index (κ1) is 29.1. The summed E-state index contributed by atoms with van der Waals surface area (Å²) in [4.78, 5) is 25.2. The summed E-state index contributed by atoms with van der Waals surface area (Å²) in [5, 5.41) is 6.19. The molecule has 7 atom stereocenters. The fourth-order valence-corrected chi connectivity index (χ4v) is 8.34. The third-order valence-electron chi connectivity index (χ3n) is 10.8. The Balaban J connectivity index is 1.51. The Kier molecular flexibility index (Phi) is 8.10. The van der Waals surface area contributed by atoms with E-state index in [1.165, 1.54) is 30.7 Å². The summed E-state index contributed by atoms with van der Waals surface area (Å²) < 4.78 is 5.67. The maximum Gasteiger partial charge on any atom is 0.431 e. The monoisotopic (exact) mass is 524 g/mol. The summed E-state index contributed by atoms with van der Waals surface area (Å²) in [6.07, 6.45) is 12.7. The Bertz CT molecular complexity index is 1000. The molecule has 0 N–H and O–H groups in total. The SMILES string of the molecule is C=C(CN(/N=C/[C@@H](C)[C@H]1CC[C@H]2C3=CC[C@H]4CC(=O)CC[C@]4(C)[C@H]3CC[C@]12C)C(=O)OC(C)(C)C)C(C)C. The maximum absolute atomic E-state index is 13.0. The summed E-state index contributed by atoms with van der Waals surface area (Å²) >= 11 is 0. The molecule has 3 saturated carbocycles. The normalized spacial score (nSPS) is 35.8. The second-order valence-corrected chi connectivity index (χ2v) is 14.7. The van der Waals surface area contributed by atoms with Gasteiger partial charge in [0.25, 0.3) is 0 Å². The summed E-state index contributed by atoms with van der Waals surface area (Å²) in [5.41, 5.74) is 2.64. The molecule has 0 aliphatic heterocycles. The average molecular weight is 525 g/mol. The first-order valence-electron chi connectivity index (χ1n) is 15.1. The molecular formula is C33H52N2O3. The van der Waals surface area contributed by atoms with E-state index in [0.717, 1.165) is 31.3 Å². The molecule has 0 aromatic carbocycles. The predicted molar refractivity (Wildman–Crippen MR) is 155 cm³/mol. The number of Topliss-reactive ketones (excluding diaryl/α,β-unsaturated/α-hetero) is 1. The lowest BCUT2D eigenvalue weighted by molar-refractivity contribution is -0.127. The van der Waals surface area contributed by atoms with Gasteiger partial charge in [0, 0.05) is 19.1 Å². The summed E-state index contributed by atoms with van der Waals surface area (Å²) in [6, 6.07) is 0. The summed E-state index contributed by atoms with van der Waals surface area (Å²) in [7, 11) is 0. The summed E-state index contributed by atoms with van der Waals surface area (Å²) in [6.45, 7) is 21.7. The first-order chi connectivity index (χ1) is 17.7. The second kappa shape index (κ2) is 10.6. The molecule has 5 heteroatoms. The fraction of sp³-hybridized carbons (Fsp3) is 0.788. The Morgan fingerprint density at radius 1 is 1.16 bits per heavy atom. The van der Waals surface area contributed by atoms with Crippen molar-refractivity contribution in [1.82, 2.24) is 5.01 Å². The van der Waals surface area contributed by atoms with Crippen LogP contribution in [0.3, 0.4) is 0 Å². The van der Waals surface area contributed by atoms with Gasteiger partial charge in [-0.1, -0.05) is 58.4 Å². The average Bonchev–Trinajstić information content (AvgIpc) is 3.18. The first-order valence-corrected chi connectivity index (χ1v) is 15.1. The highest BCUT2D eigenvalue weighted by Gasteiger charge is 2.58. The minimum absolute atomic E-state index is 0.250. The largest absolute Gasteiger partial charge is 0.442 e. The van der Waals surface area contributed by atoms with Gasteiger partial charge in [-0.3, -0.25) is 4.79 Å². The van der Waals surface area contributed by atoms with Crippen molar-refractivity contribution in [1.29, 1.82) is 0 Å². The minimum Gasteiger partial charge on any atom is -0.442 e. The molecule has 4 rings (SSSR count). The van der Waals surface area contributed by atoms with Crippen molar-refractivity contribution in [2.75, 3.05) is 6.54 Å². The molecule has 0 bridgehead atoms. The van der Waals surface area contributed by atoms with Gasteiger partial charge in [0.15, 0.2) is 0 Å². The predicted octanol–water partition coefficient (Wildman–Crippen LogP) is 8.21. The molecule has 0 heterocycles. The number of ether oxygens (including phenoxy) is 1. The van der Waals surface area contributed by atoms with Crippen LogP contribution in [-0.2, 0) is 9.53 Å². The quantitative estimate of drug-likeness (QED) is 0.200. The van der Waals surface area contributed by atoms with E-state index in [1.807, 2.05) is 27.0 Å². The smallest absolute Gasteiger partial charge is 0.431 e. The van der Waals surface area contributed by atoms with E-state index in [2.05, 4.69) is 47.3 Å². The van der Waals surface area contributed by atoms with Gasteiger partial charge in [-0.2, -0.15) is 10.1 Å². The number of ketones is 1. The van der Waals surface area contributed by atoms with Crippen LogP contribution >= 0.6 is 0 Å². The topological polar surface area (TPSA) is 59.0 Å². The Morgan fingerprint density at radius 2 is 1.84 bits per heavy atom. The van der Waals surface area contributed by atoms with E-state index in [4.69, 9.17) is 9.84 Å². The van der Waals surface area contributed by atoms with Gasteiger partial charge in [0.05, 0.1) is 6.54 Å². The van der Waals surface area contributed by atoms with Gasteiger partial charge in [-0.25, -0.2) is 4.79 Å². The van der Waals surface area contributed by atoms with Gasteiger partial charge in [0.1, 0.15) is 11.4 Å². The molecule has 5 nitrogen and oxygen atoms in total. The molecule has 0 radical (unpaired) electrons. The van der Waals surface area contributed by atoms with E-state index in [0.29, 0.717) is 36.0 Å². The Morgan fingerprint density at radius 3 is 2.50 bits per heavy atom. The van der Waals surface area contributed by atoms with E-state index in [9.17, 15) is 9.59 Å². The lowest BCUT2D eigenvalue weighted by Crippen LogP contribution is -2.49. The highest BCUT2D eigenvalue weighted by molar-refractivity contribution is 5.79. The number of nitrogens with zero attached hydrogens (tertiary/aromatic N) is 2. The number of allylic oxidation sites excluding steroid dienone is 2. The number of rotatable bonds is 6. The standard InChI is InChI=1S/C33H52N2O3/c1-21(2)23(4)20-35(30(37)38-31(5,6)7)34-19-22(3)27-12-13-28-26-11-10-24-18-25(36)14-16-32(24,8)29(26)15-17-33(27,28)9/h11,19,21-22,24,27-29H,4,10,12-18,20H2,1-3,5-9H3/b34-19+/t22-,24+,27-,28+,29+,32+,33-/m1/s1. The number of hydrazone groups is 1. The lowest BCUT2D eigenvalue weighted by atomic mass is 9.48. The van der Waals surface area contributed by atoms with Crippen molar-refractivity contribution in [2.24, 2.45) is 51.4 Å². The van der Waals surface area contributed by atoms with Crippen molar-refractivity contribution in [3.63, 3.8) is 0 Å². The van der Waals surface area contributed by atoms with Gasteiger partial charge >= 0.3 is 6.09 Å². The van der Waals surface area contributed by atoms with Crippen LogP contribution in [0.2, 0.25) is 0 Å². The van der Waals surface area contributed by atoms with Crippen molar-refractivity contribution in [2.45, 2.75) is 112 Å². The molecule has 3 fully saturated rings. The summed E-state index contributed by atoms with van der Waals surface area (Å²) in [5.74, 6) is 3.33. The molecule has 0 aromatic rings. The van der Waals surface area contributed by atoms with Crippen LogP contribution in [0.4, 0.5) is 4.79 Å². The molecule has 38 heavy (non-hydrogen) atoms. The zero-order valence-corrected chi connectivity index (χ0v) is 25.3. The van der Waals surface area contributed by atoms with E-state index < -0.39 is 11.7 Å². The second-order valence-electron chi connectivity index (χ2n) is 14.7. The van der Waals surface area contributed by atoms with E-state index in [1.54, 1.807) is 5.57 Å². The maximum atomic E-state index is 13.0. The highest BCUT2D eigenvalue weighted by atomic mass is 16.6. The zero-order chi connectivity index (χ0) is 28.0. The molecular weight excluding hydrogens is 472 g/mol. The lowest BCUT2D eigenvalue weighted by Gasteiger charge is -2.57. The number of hydrogen-bond donors (Lipinski definition) is 0. The van der Waals surface area contributed by atoms with Crippen LogP contribution in [0.15, 0.2) is 28.9 Å². The Labute approximate surface area is 231 Å². The van der Waals surface area contributed by atoms with Crippen molar-refractivity contribution in [3.8, 4) is 0 Å². The van der Waals surface area contributed by atoms with Gasteiger partial charge < -0.3 is 4.74 Å². The van der Waals surface area contributed by atoms with E-state index >= 15 is 0 Å². The van der Waals surface area contributed by atoms with Crippen LogP contribution in [0, 0.1) is 46.3 Å². The minimum atomic E-state index is -0.574. The zero-order valence-electron chi connectivity index (χ0n) is 25.3. The van der Waals surface area contributed by atoms with Crippen LogP contribution in [0.1, 0.15) is 107 Å². The molecule has 0 unspecified atom stereocenters. The highest BCUT2D eigenvalue weighted by Crippen LogP contribution is 2.66. The fourth-order valence-electron chi connectivity index (χ4n) is 8.34. The molecule has 0 spiro atoms. The van der Waals surface area contributed by atoms with E-state index in [-0.39, 0.29) is 22.7 Å². The van der Waals surface area contributed by atoms with Crippen LogP contribution in [-0.4, -0.2) is 35.2 Å². The number of carbonyl (C=O) groups excluding carboxylic acids is 2. The van der Waals surface area contributed by atoms with Crippen molar-refractivity contribution < 1.29 is 14.3 Å². The molecule has 4 aliphatic rings. The Hall–Kier alpha value is -1.91. The molecule has 4 aliphatic carbocycles. The third kappa shape index (κ3) is 5.54. The van der Waals surface area contributed by atoms with Crippen LogP contribution in [0.5, 0.6) is 0 Å². The van der Waals surface area contributed by atoms with Gasteiger partial charge in [-0.15, -0.1) is 0 Å². The number of fused-ring (bicyclic) bond motifs is 5. The number of carbonyl (C=O) groups is 2. The third-order valence-corrected chi connectivity index (χ3v) is 10.8. The van der Waals surface area contributed by atoms with Gasteiger partial charge in [0.2, 0.25) is 0 Å². The van der Waals surface area contributed by atoms with Crippen molar-refractivity contribution in [3.05, 3.63) is 23.8 Å². The molecule has 212 valence electrons. The molecule has 0 saturated heterocycles. The van der Waals surface area contributed by atoms with Gasteiger partial charge in [-0.05, 0) is 106 Å². The molecule has 0 aromatic heterocycles. The van der Waals surface area contributed by atoms with Crippen molar-refractivity contribution >= 4 is 18.1 Å². The number of hydrogen-bond acceptors (Lipinski definition) is 4. The molecule has 1 amide bonds. The van der Waals surface area contributed by atoms with Crippen LogP contribution < -0.4 is 0 Å².